The third kappa shape index (κ3) is 3.30. The van der Waals surface area contributed by atoms with E-state index < -0.39 is 0 Å². The monoisotopic (exact) mass is 314 g/mol. The van der Waals surface area contributed by atoms with Gasteiger partial charge in [0.2, 0.25) is 0 Å². The van der Waals surface area contributed by atoms with Gasteiger partial charge in [0.15, 0.2) is 0 Å². The Kier molecular flexibility index (Phi) is 3.78. The molecule has 0 aromatic heterocycles. The Bertz CT molecular complexity index is 355. The van der Waals surface area contributed by atoms with Crippen LogP contribution in [0, 0.1) is 9.49 Å². The number of aryl methyl sites for hydroxylation is 1. The van der Waals surface area contributed by atoms with Gasteiger partial charge in [-0.2, -0.15) is 0 Å². The molecule has 0 saturated heterocycles. The van der Waals surface area contributed by atoms with Crippen LogP contribution in [0.2, 0.25) is 0 Å². The Labute approximate surface area is 104 Å². The number of hydrogen-bond acceptors (Lipinski definition) is 1. The van der Waals surface area contributed by atoms with E-state index in [4.69, 9.17) is 0 Å². The van der Waals surface area contributed by atoms with Crippen LogP contribution in [0.4, 0.5) is 0 Å². The molecule has 1 saturated carbocycles. The van der Waals surface area contributed by atoms with Gasteiger partial charge in [0.05, 0.1) is 0 Å². The summed E-state index contributed by atoms with van der Waals surface area (Å²) in [5.41, 5.74) is 1.38. The third-order valence-electron chi connectivity index (χ3n) is 2.86. The molecule has 1 aromatic rings. The molecule has 0 heterocycles. The number of carbonyl (C=O) groups is 1. The van der Waals surface area contributed by atoms with Crippen LogP contribution in [-0.4, -0.2) is 5.78 Å². The van der Waals surface area contributed by atoms with Crippen molar-refractivity contribution in [3.63, 3.8) is 0 Å². The van der Waals surface area contributed by atoms with Gasteiger partial charge in [0.1, 0.15) is 5.78 Å². The second-order valence-electron chi connectivity index (χ2n) is 4.19. The van der Waals surface area contributed by atoms with E-state index in [1.807, 2.05) is 0 Å². The molecule has 0 N–H and O–H groups in total. The second-order valence-corrected chi connectivity index (χ2v) is 5.35. The van der Waals surface area contributed by atoms with Crippen molar-refractivity contribution >= 4 is 28.4 Å². The molecule has 15 heavy (non-hydrogen) atoms. The van der Waals surface area contributed by atoms with Crippen LogP contribution in [0.25, 0.3) is 0 Å². The maximum absolute atomic E-state index is 11.5. The van der Waals surface area contributed by atoms with Gasteiger partial charge in [-0.25, -0.2) is 0 Å². The van der Waals surface area contributed by atoms with Gasteiger partial charge >= 0.3 is 0 Å². The molecule has 0 atom stereocenters. The summed E-state index contributed by atoms with van der Waals surface area (Å²) in [6.45, 7) is 0. The minimum absolute atomic E-state index is 0.430. The fraction of sp³-hybridized carbons (Fsp3) is 0.462. The summed E-state index contributed by atoms with van der Waals surface area (Å²) in [7, 11) is 0. The van der Waals surface area contributed by atoms with E-state index in [1.54, 1.807) is 0 Å². The lowest BCUT2D eigenvalue weighted by Crippen LogP contribution is -2.01. The average Bonchev–Trinajstić information content (AvgIpc) is 3.04. The Morgan fingerprint density at radius 3 is 2.73 bits per heavy atom. The smallest absolute Gasteiger partial charge is 0.135 e. The Morgan fingerprint density at radius 2 is 2.07 bits per heavy atom. The Balaban J connectivity index is 1.78. The Morgan fingerprint density at radius 1 is 1.33 bits per heavy atom. The van der Waals surface area contributed by atoms with Crippen molar-refractivity contribution in [3.8, 4) is 0 Å². The summed E-state index contributed by atoms with van der Waals surface area (Å²) in [5.74, 6) is 0.917. The van der Waals surface area contributed by atoms with Crippen LogP contribution < -0.4 is 0 Å². The van der Waals surface area contributed by atoms with Crippen LogP contribution >= 0.6 is 22.6 Å². The van der Waals surface area contributed by atoms with Gasteiger partial charge in [-0.05, 0) is 59.9 Å². The number of halogens is 1. The number of ketones is 1. The number of benzene rings is 1. The molecule has 80 valence electrons. The van der Waals surface area contributed by atoms with Gasteiger partial charge in [0.25, 0.3) is 0 Å². The third-order valence-corrected chi connectivity index (χ3v) is 3.91. The van der Waals surface area contributed by atoms with Gasteiger partial charge in [0, 0.05) is 15.9 Å². The predicted octanol–water partition coefficient (Wildman–Crippen LogP) is 3.59. The molecule has 0 aliphatic heterocycles. The van der Waals surface area contributed by atoms with Gasteiger partial charge in [-0.3, -0.25) is 4.79 Å². The van der Waals surface area contributed by atoms with Crippen molar-refractivity contribution in [1.29, 1.82) is 0 Å². The first-order valence-corrected chi connectivity index (χ1v) is 6.61. The van der Waals surface area contributed by atoms with Crippen molar-refractivity contribution < 1.29 is 4.79 Å². The van der Waals surface area contributed by atoms with Crippen molar-refractivity contribution in [3.05, 3.63) is 33.4 Å². The van der Waals surface area contributed by atoms with Crippen molar-refractivity contribution in [2.75, 3.05) is 0 Å². The molecule has 1 nitrogen and oxygen atoms in total. The minimum Gasteiger partial charge on any atom is -0.299 e. The molecule has 0 bridgehead atoms. The molecule has 0 amide bonds. The molecule has 1 fully saturated rings. The molecule has 2 rings (SSSR count). The fourth-order valence-electron chi connectivity index (χ4n) is 1.76. The van der Waals surface area contributed by atoms with E-state index in [9.17, 15) is 4.79 Å². The van der Waals surface area contributed by atoms with Crippen molar-refractivity contribution in [2.24, 2.45) is 5.92 Å². The van der Waals surface area contributed by atoms with Gasteiger partial charge in [-0.15, -0.1) is 0 Å². The first-order valence-electron chi connectivity index (χ1n) is 5.53. The van der Waals surface area contributed by atoms with Crippen molar-refractivity contribution in [2.45, 2.75) is 32.1 Å². The van der Waals surface area contributed by atoms with E-state index in [0.29, 0.717) is 11.7 Å². The molecule has 0 radical (unpaired) electrons. The summed E-state index contributed by atoms with van der Waals surface area (Å²) >= 11 is 2.36. The van der Waals surface area contributed by atoms with E-state index in [-0.39, 0.29) is 0 Å². The Hall–Kier alpha value is -0.380. The van der Waals surface area contributed by atoms with Crippen LogP contribution in [0.1, 0.15) is 31.2 Å². The zero-order valence-electron chi connectivity index (χ0n) is 8.71. The maximum atomic E-state index is 11.5. The molecule has 0 unspecified atom stereocenters. The zero-order chi connectivity index (χ0) is 10.7. The highest BCUT2D eigenvalue weighted by Crippen LogP contribution is 2.31. The highest BCUT2D eigenvalue weighted by atomic mass is 127. The van der Waals surface area contributed by atoms with Crippen molar-refractivity contribution in [1.82, 2.24) is 0 Å². The van der Waals surface area contributed by atoms with Gasteiger partial charge in [-0.1, -0.05) is 18.2 Å². The van der Waals surface area contributed by atoms with Crippen LogP contribution in [0.5, 0.6) is 0 Å². The maximum Gasteiger partial charge on any atom is 0.135 e. The summed E-state index contributed by atoms with van der Waals surface area (Å²) in [5, 5.41) is 0. The largest absolute Gasteiger partial charge is 0.299 e. The molecular weight excluding hydrogens is 299 g/mol. The SMILES string of the molecule is O=C(CCCc1ccccc1I)C1CC1. The molecule has 0 spiro atoms. The van der Waals surface area contributed by atoms with E-state index in [0.717, 1.165) is 32.1 Å². The first kappa shape index (κ1) is 11.1. The fourth-order valence-corrected chi connectivity index (χ4v) is 2.42. The van der Waals surface area contributed by atoms with E-state index >= 15 is 0 Å². The molecule has 2 heteroatoms. The van der Waals surface area contributed by atoms with E-state index in [1.165, 1.54) is 9.13 Å². The lowest BCUT2D eigenvalue weighted by atomic mass is 10.1. The first-order chi connectivity index (χ1) is 7.27. The van der Waals surface area contributed by atoms with E-state index in [2.05, 4.69) is 46.9 Å². The molecular formula is C13H15IO. The number of hydrogen-bond donors (Lipinski definition) is 0. The van der Waals surface area contributed by atoms with Gasteiger partial charge < -0.3 is 0 Å². The zero-order valence-corrected chi connectivity index (χ0v) is 10.9. The average molecular weight is 314 g/mol. The highest BCUT2D eigenvalue weighted by Gasteiger charge is 2.28. The summed E-state index contributed by atoms with van der Waals surface area (Å²) < 4.78 is 1.31. The molecule has 1 aliphatic carbocycles. The number of Topliss-reactive ketones (excluding diaryl/α,β-unsaturated/α-hetero) is 1. The summed E-state index contributed by atoms with van der Waals surface area (Å²) in [6.07, 6.45) is 5.10. The quantitative estimate of drug-likeness (QED) is 0.759. The number of carbonyl (C=O) groups excluding carboxylic acids is 1. The standard InChI is InChI=1S/C13H15IO/c14-12-6-2-1-4-10(12)5-3-7-13(15)11-8-9-11/h1-2,4,6,11H,3,5,7-9H2. The normalized spacial score (nSPS) is 15.3. The molecule has 1 aliphatic rings. The van der Waals surface area contributed by atoms with Crippen LogP contribution in [0.15, 0.2) is 24.3 Å². The number of rotatable bonds is 5. The second kappa shape index (κ2) is 5.10. The topological polar surface area (TPSA) is 17.1 Å². The summed E-state index contributed by atoms with van der Waals surface area (Å²) in [4.78, 5) is 11.5. The predicted molar refractivity (Wildman–Crippen MR) is 69.8 cm³/mol. The molecule has 1 aromatic carbocycles. The lowest BCUT2D eigenvalue weighted by molar-refractivity contribution is -0.120. The summed E-state index contributed by atoms with van der Waals surface area (Å²) in [6, 6.07) is 8.41. The minimum atomic E-state index is 0.430. The van der Waals surface area contributed by atoms with Crippen LogP contribution in [-0.2, 0) is 11.2 Å². The van der Waals surface area contributed by atoms with Crippen LogP contribution in [0.3, 0.4) is 0 Å². The highest BCUT2D eigenvalue weighted by molar-refractivity contribution is 14.1. The lowest BCUT2D eigenvalue weighted by Gasteiger charge is -2.03.